The van der Waals surface area contributed by atoms with Gasteiger partial charge in [-0.05, 0) is 29.3 Å². The van der Waals surface area contributed by atoms with E-state index in [0.717, 1.165) is 21.6 Å². The Labute approximate surface area is 97.6 Å². The molecule has 78 valence electrons. The third-order valence-corrected chi connectivity index (χ3v) is 3.90. The summed E-state index contributed by atoms with van der Waals surface area (Å²) in [6, 6.07) is 16.0. The molecule has 1 nitrogen and oxygen atoms in total. The molecule has 0 radical (unpaired) electrons. The molecular weight excluding hydrogens is 216 g/mol. The van der Waals surface area contributed by atoms with Crippen molar-refractivity contribution < 1.29 is 4.55 Å². The molecule has 2 aromatic carbocycles. The maximum atomic E-state index is 12.0. The summed E-state index contributed by atoms with van der Waals surface area (Å²) in [4.78, 5) is 0.892. The maximum Gasteiger partial charge on any atom is 0.165 e. The van der Waals surface area contributed by atoms with Gasteiger partial charge in [0.15, 0.2) is 4.90 Å². The Hall–Kier alpha value is -1.51. The molecule has 2 aromatic rings. The molecule has 3 rings (SSSR count). The van der Waals surface area contributed by atoms with Gasteiger partial charge in [-0.1, -0.05) is 36.4 Å². The topological polar surface area (TPSA) is 23.1 Å². The van der Waals surface area contributed by atoms with E-state index in [1.54, 1.807) is 5.41 Å². The van der Waals surface area contributed by atoms with Gasteiger partial charge in [-0.3, -0.25) is 0 Å². The first-order valence-corrected chi connectivity index (χ1v) is 6.35. The standard InChI is InChI=1S/C14H10OS/c15-16-10-9-11-5-1-2-6-12(11)13-7-3-4-8-14(13)16/h1-10H. The fraction of sp³-hybridized carbons (Fsp3) is 0. The first kappa shape index (κ1) is 9.70. The molecule has 0 amide bonds. The van der Waals surface area contributed by atoms with Crippen molar-refractivity contribution in [2.45, 2.75) is 4.90 Å². The van der Waals surface area contributed by atoms with Gasteiger partial charge < -0.3 is 4.55 Å². The van der Waals surface area contributed by atoms with Gasteiger partial charge in [-0.15, -0.1) is 0 Å². The van der Waals surface area contributed by atoms with Crippen LogP contribution in [0.5, 0.6) is 0 Å². The van der Waals surface area contributed by atoms with E-state index in [1.165, 1.54) is 0 Å². The zero-order chi connectivity index (χ0) is 11.0. The van der Waals surface area contributed by atoms with E-state index < -0.39 is 11.2 Å². The lowest BCUT2D eigenvalue weighted by Crippen LogP contribution is -1.96. The average Bonchev–Trinajstić information content (AvgIpc) is 2.49. The highest BCUT2D eigenvalue weighted by molar-refractivity contribution is 7.94. The van der Waals surface area contributed by atoms with Crippen LogP contribution in [0.3, 0.4) is 0 Å². The molecule has 1 aliphatic rings. The molecule has 0 aromatic heterocycles. The molecule has 0 saturated heterocycles. The van der Waals surface area contributed by atoms with Crippen LogP contribution in [0, 0.1) is 0 Å². The number of hydrogen-bond acceptors (Lipinski definition) is 1. The summed E-state index contributed by atoms with van der Waals surface area (Å²) in [5, 5.41) is 1.75. The van der Waals surface area contributed by atoms with E-state index >= 15 is 0 Å². The highest BCUT2D eigenvalue weighted by Gasteiger charge is 2.19. The Balaban J connectivity index is 2.34. The molecule has 1 unspecified atom stereocenters. The Bertz CT molecular complexity index is 560. The quantitative estimate of drug-likeness (QED) is 0.631. The van der Waals surface area contributed by atoms with Crippen molar-refractivity contribution in [2.24, 2.45) is 0 Å². The lowest BCUT2D eigenvalue weighted by molar-refractivity contribution is 0.604. The predicted molar refractivity (Wildman–Crippen MR) is 67.3 cm³/mol. The molecule has 1 atom stereocenters. The van der Waals surface area contributed by atoms with Crippen LogP contribution >= 0.6 is 0 Å². The SMILES string of the molecule is [O-][S+]1C=Cc2ccccc2-c2ccccc21. The molecule has 1 aliphatic heterocycles. The van der Waals surface area contributed by atoms with Crippen molar-refractivity contribution in [3.05, 3.63) is 59.5 Å². The second-order valence-corrected chi connectivity index (χ2v) is 4.99. The number of hydrogen-bond donors (Lipinski definition) is 0. The van der Waals surface area contributed by atoms with Gasteiger partial charge in [0.2, 0.25) is 0 Å². The van der Waals surface area contributed by atoms with Crippen LogP contribution in [0.4, 0.5) is 0 Å². The van der Waals surface area contributed by atoms with Crippen molar-refractivity contribution in [1.82, 2.24) is 0 Å². The number of benzene rings is 2. The Morgan fingerprint density at radius 2 is 1.50 bits per heavy atom. The number of fused-ring (bicyclic) bond motifs is 3. The fourth-order valence-electron chi connectivity index (χ4n) is 1.96. The summed E-state index contributed by atoms with van der Waals surface area (Å²) in [5.41, 5.74) is 3.35. The largest absolute Gasteiger partial charge is 0.607 e. The van der Waals surface area contributed by atoms with Crippen LogP contribution in [0.2, 0.25) is 0 Å². The minimum atomic E-state index is -1.04. The first-order valence-electron chi connectivity index (χ1n) is 5.13. The van der Waals surface area contributed by atoms with Crippen molar-refractivity contribution >= 4 is 17.3 Å². The van der Waals surface area contributed by atoms with E-state index in [4.69, 9.17) is 0 Å². The van der Waals surface area contributed by atoms with E-state index in [0.29, 0.717) is 0 Å². The van der Waals surface area contributed by atoms with Gasteiger partial charge in [0.1, 0.15) is 5.41 Å². The van der Waals surface area contributed by atoms with Gasteiger partial charge in [0, 0.05) is 16.7 Å². The van der Waals surface area contributed by atoms with Crippen molar-refractivity contribution in [3.8, 4) is 11.1 Å². The molecule has 16 heavy (non-hydrogen) atoms. The Kier molecular flexibility index (Phi) is 2.31. The lowest BCUT2D eigenvalue weighted by Gasteiger charge is -2.08. The maximum absolute atomic E-state index is 12.0. The van der Waals surface area contributed by atoms with Crippen molar-refractivity contribution in [2.75, 3.05) is 0 Å². The van der Waals surface area contributed by atoms with E-state index in [9.17, 15) is 4.55 Å². The average molecular weight is 226 g/mol. The zero-order valence-corrected chi connectivity index (χ0v) is 9.41. The van der Waals surface area contributed by atoms with Crippen LogP contribution in [-0.4, -0.2) is 4.55 Å². The summed E-state index contributed by atoms with van der Waals surface area (Å²) in [6.45, 7) is 0. The van der Waals surface area contributed by atoms with Gasteiger partial charge in [-0.25, -0.2) is 0 Å². The summed E-state index contributed by atoms with van der Waals surface area (Å²) in [6.07, 6.45) is 1.94. The summed E-state index contributed by atoms with van der Waals surface area (Å²) >= 11 is -1.04. The Morgan fingerprint density at radius 1 is 0.812 bits per heavy atom. The van der Waals surface area contributed by atoms with Gasteiger partial charge in [0.05, 0.1) is 0 Å². The fourth-order valence-corrected chi connectivity index (χ4v) is 2.98. The minimum absolute atomic E-state index is 0.892. The third kappa shape index (κ3) is 1.47. The van der Waals surface area contributed by atoms with Gasteiger partial charge in [-0.2, -0.15) is 0 Å². The zero-order valence-electron chi connectivity index (χ0n) is 8.59. The number of rotatable bonds is 0. The second-order valence-electron chi connectivity index (χ2n) is 3.68. The molecule has 0 spiro atoms. The molecule has 0 saturated carbocycles. The van der Waals surface area contributed by atoms with E-state index in [2.05, 4.69) is 6.07 Å². The van der Waals surface area contributed by atoms with Crippen molar-refractivity contribution in [1.29, 1.82) is 0 Å². The highest BCUT2D eigenvalue weighted by Crippen LogP contribution is 2.34. The first-order chi connectivity index (χ1) is 7.86. The molecule has 2 heteroatoms. The lowest BCUT2D eigenvalue weighted by atomic mass is 10.00. The molecular formula is C14H10OS. The summed E-state index contributed by atoms with van der Waals surface area (Å²) in [5.74, 6) is 0. The summed E-state index contributed by atoms with van der Waals surface area (Å²) in [7, 11) is 0. The van der Waals surface area contributed by atoms with E-state index in [1.807, 2.05) is 48.5 Å². The van der Waals surface area contributed by atoms with Crippen LogP contribution in [0.15, 0.2) is 58.8 Å². The van der Waals surface area contributed by atoms with Crippen LogP contribution in [-0.2, 0) is 11.2 Å². The predicted octanol–water partition coefficient (Wildman–Crippen LogP) is 3.45. The van der Waals surface area contributed by atoms with Gasteiger partial charge >= 0.3 is 0 Å². The normalized spacial score (nSPS) is 17.4. The van der Waals surface area contributed by atoms with Gasteiger partial charge in [0.25, 0.3) is 0 Å². The van der Waals surface area contributed by atoms with Crippen LogP contribution < -0.4 is 0 Å². The highest BCUT2D eigenvalue weighted by atomic mass is 32.2. The molecule has 0 bridgehead atoms. The molecule has 0 aliphatic carbocycles. The Morgan fingerprint density at radius 3 is 2.38 bits per heavy atom. The molecule has 1 heterocycles. The monoisotopic (exact) mass is 226 g/mol. The van der Waals surface area contributed by atoms with Crippen LogP contribution in [0.1, 0.15) is 5.56 Å². The second kappa shape index (κ2) is 3.81. The summed E-state index contributed by atoms with van der Waals surface area (Å²) < 4.78 is 12.0. The smallest absolute Gasteiger partial charge is 0.165 e. The van der Waals surface area contributed by atoms with E-state index in [-0.39, 0.29) is 0 Å². The molecule has 0 fully saturated rings. The minimum Gasteiger partial charge on any atom is -0.607 e. The molecule has 0 N–H and O–H groups in total. The van der Waals surface area contributed by atoms with Crippen LogP contribution in [0.25, 0.3) is 17.2 Å². The van der Waals surface area contributed by atoms with Crippen molar-refractivity contribution in [3.63, 3.8) is 0 Å². The third-order valence-electron chi connectivity index (χ3n) is 2.73.